The molecule has 0 saturated carbocycles. The maximum Gasteiger partial charge on any atom is 0.228 e. The van der Waals surface area contributed by atoms with Gasteiger partial charge < -0.3 is 10.1 Å². The summed E-state index contributed by atoms with van der Waals surface area (Å²) in [6, 6.07) is 3.44. The first-order valence-corrected chi connectivity index (χ1v) is 7.47. The molecule has 2 heterocycles. The summed E-state index contributed by atoms with van der Waals surface area (Å²) in [5.41, 5.74) is 0.713. The fourth-order valence-electron chi connectivity index (χ4n) is 2.60. The molecule has 1 aliphatic rings. The number of hydrogen-bond donors (Lipinski definition) is 1. The Morgan fingerprint density at radius 1 is 1.35 bits per heavy atom. The number of aromatic nitrogens is 2. The van der Waals surface area contributed by atoms with E-state index in [-0.39, 0.29) is 23.9 Å². The minimum atomic E-state index is -0.724. The summed E-state index contributed by atoms with van der Waals surface area (Å²) in [4.78, 5) is 12.0. The molecule has 1 aromatic carbocycles. The van der Waals surface area contributed by atoms with Crippen LogP contribution >= 0.6 is 0 Å². The fourth-order valence-corrected chi connectivity index (χ4v) is 2.60. The highest BCUT2D eigenvalue weighted by Crippen LogP contribution is 2.21. The highest BCUT2D eigenvalue weighted by Gasteiger charge is 2.17. The van der Waals surface area contributed by atoms with Gasteiger partial charge in [0.15, 0.2) is 0 Å². The Morgan fingerprint density at radius 2 is 2.13 bits per heavy atom. The molecule has 0 radical (unpaired) electrons. The summed E-state index contributed by atoms with van der Waals surface area (Å²) in [5.74, 6) is -1.76. The summed E-state index contributed by atoms with van der Waals surface area (Å²) in [5, 5.41) is 6.93. The molecule has 0 bridgehead atoms. The first-order valence-electron chi connectivity index (χ1n) is 7.47. The van der Waals surface area contributed by atoms with Crippen LogP contribution in [0, 0.1) is 11.6 Å². The molecule has 1 fully saturated rings. The summed E-state index contributed by atoms with van der Waals surface area (Å²) >= 11 is 0. The van der Waals surface area contributed by atoms with Crippen LogP contribution in [0.3, 0.4) is 0 Å². The van der Waals surface area contributed by atoms with Crippen LogP contribution in [-0.2, 0) is 16.0 Å². The van der Waals surface area contributed by atoms with Crippen LogP contribution in [0.2, 0.25) is 0 Å². The molecule has 7 heteroatoms. The van der Waals surface area contributed by atoms with Gasteiger partial charge in [-0.15, -0.1) is 0 Å². The molecule has 3 rings (SSSR count). The Kier molecular flexibility index (Phi) is 4.66. The van der Waals surface area contributed by atoms with Gasteiger partial charge in [0.25, 0.3) is 0 Å². The van der Waals surface area contributed by atoms with E-state index in [4.69, 9.17) is 4.74 Å². The van der Waals surface area contributed by atoms with Crippen molar-refractivity contribution in [3.63, 3.8) is 0 Å². The number of ether oxygens (including phenoxy) is 1. The molecule has 1 amide bonds. The zero-order valence-electron chi connectivity index (χ0n) is 12.5. The van der Waals surface area contributed by atoms with Gasteiger partial charge in [0.2, 0.25) is 5.91 Å². The van der Waals surface area contributed by atoms with Crippen LogP contribution in [0.25, 0.3) is 0 Å². The smallest absolute Gasteiger partial charge is 0.228 e. The second-order valence-electron chi connectivity index (χ2n) is 5.51. The second kappa shape index (κ2) is 6.87. The third kappa shape index (κ3) is 3.92. The van der Waals surface area contributed by atoms with Crippen molar-refractivity contribution in [2.45, 2.75) is 25.3 Å². The Bertz CT molecular complexity index is 696. The number of benzene rings is 1. The number of rotatable bonds is 4. The number of halogens is 2. The third-order valence-corrected chi connectivity index (χ3v) is 3.82. The molecule has 1 aliphatic heterocycles. The van der Waals surface area contributed by atoms with E-state index in [0.29, 0.717) is 18.9 Å². The molecule has 2 aromatic rings. The molecule has 1 aromatic heterocycles. The lowest BCUT2D eigenvalue weighted by Gasteiger charge is -2.22. The Labute approximate surface area is 132 Å². The summed E-state index contributed by atoms with van der Waals surface area (Å²) < 4.78 is 33.5. The quantitative estimate of drug-likeness (QED) is 0.942. The first-order chi connectivity index (χ1) is 11.1. The maximum atomic E-state index is 13.5. The number of carbonyl (C=O) groups is 1. The number of amides is 1. The number of hydrogen-bond acceptors (Lipinski definition) is 3. The SMILES string of the molecule is O=C(Cc1ccc(F)cc1F)Nc1cnn(C2CCOCC2)c1. The van der Waals surface area contributed by atoms with Gasteiger partial charge in [0, 0.05) is 25.5 Å². The second-order valence-corrected chi connectivity index (χ2v) is 5.51. The van der Waals surface area contributed by atoms with Crippen LogP contribution < -0.4 is 5.32 Å². The Hall–Kier alpha value is -2.28. The molecule has 5 nitrogen and oxygen atoms in total. The van der Waals surface area contributed by atoms with Gasteiger partial charge in [-0.25, -0.2) is 8.78 Å². The number of nitrogens with one attached hydrogen (secondary N) is 1. The molecule has 1 N–H and O–H groups in total. The highest BCUT2D eigenvalue weighted by molar-refractivity contribution is 5.92. The van der Waals surface area contributed by atoms with E-state index in [9.17, 15) is 13.6 Å². The van der Waals surface area contributed by atoms with E-state index in [1.54, 1.807) is 12.4 Å². The van der Waals surface area contributed by atoms with E-state index in [2.05, 4.69) is 10.4 Å². The van der Waals surface area contributed by atoms with E-state index in [1.165, 1.54) is 6.07 Å². The van der Waals surface area contributed by atoms with Gasteiger partial charge in [0.05, 0.1) is 24.3 Å². The van der Waals surface area contributed by atoms with Gasteiger partial charge in [-0.3, -0.25) is 9.48 Å². The number of carbonyl (C=O) groups excluding carboxylic acids is 1. The van der Waals surface area contributed by atoms with Crippen molar-refractivity contribution in [3.8, 4) is 0 Å². The molecule has 0 spiro atoms. The molecule has 0 atom stereocenters. The zero-order valence-corrected chi connectivity index (χ0v) is 12.5. The van der Waals surface area contributed by atoms with Crippen molar-refractivity contribution in [2.24, 2.45) is 0 Å². The van der Waals surface area contributed by atoms with Crippen LogP contribution in [-0.4, -0.2) is 28.9 Å². The van der Waals surface area contributed by atoms with E-state index >= 15 is 0 Å². The van der Waals surface area contributed by atoms with Gasteiger partial charge in [0.1, 0.15) is 11.6 Å². The van der Waals surface area contributed by atoms with E-state index < -0.39 is 11.6 Å². The topological polar surface area (TPSA) is 56.2 Å². The fraction of sp³-hybridized carbons (Fsp3) is 0.375. The molecular weight excluding hydrogens is 304 g/mol. The van der Waals surface area contributed by atoms with Gasteiger partial charge in [-0.2, -0.15) is 5.10 Å². The van der Waals surface area contributed by atoms with Crippen molar-refractivity contribution in [1.29, 1.82) is 0 Å². The summed E-state index contributed by atoms with van der Waals surface area (Å²) in [6.07, 6.45) is 4.93. The van der Waals surface area contributed by atoms with Crippen LogP contribution in [0.1, 0.15) is 24.4 Å². The van der Waals surface area contributed by atoms with Crippen molar-refractivity contribution in [3.05, 3.63) is 47.8 Å². The molecule has 122 valence electrons. The highest BCUT2D eigenvalue weighted by atomic mass is 19.1. The zero-order chi connectivity index (χ0) is 16.2. The minimum Gasteiger partial charge on any atom is -0.381 e. The average molecular weight is 321 g/mol. The van der Waals surface area contributed by atoms with Crippen LogP contribution in [0.4, 0.5) is 14.5 Å². The van der Waals surface area contributed by atoms with E-state index in [0.717, 1.165) is 25.0 Å². The van der Waals surface area contributed by atoms with Crippen molar-refractivity contribution in [2.75, 3.05) is 18.5 Å². The van der Waals surface area contributed by atoms with Gasteiger partial charge >= 0.3 is 0 Å². The lowest BCUT2D eigenvalue weighted by Crippen LogP contribution is -2.20. The van der Waals surface area contributed by atoms with Crippen molar-refractivity contribution >= 4 is 11.6 Å². The normalized spacial score (nSPS) is 15.6. The molecule has 23 heavy (non-hydrogen) atoms. The minimum absolute atomic E-state index is 0.153. The molecular formula is C16H17F2N3O2. The third-order valence-electron chi connectivity index (χ3n) is 3.82. The molecule has 0 aliphatic carbocycles. The molecule has 1 saturated heterocycles. The predicted octanol–water partition coefficient (Wildman–Crippen LogP) is 2.69. The largest absolute Gasteiger partial charge is 0.381 e. The van der Waals surface area contributed by atoms with Crippen molar-refractivity contribution in [1.82, 2.24) is 9.78 Å². The maximum absolute atomic E-state index is 13.5. The lowest BCUT2D eigenvalue weighted by atomic mass is 10.1. The van der Waals surface area contributed by atoms with Crippen LogP contribution in [0.15, 0.2) is 30.6 Å². The first kappa shape index (κ1) is 15.6. The van der Waals surface area contributed by atoms with Crippen molar-refractivity contribution < 1.29 is 18.3 Å². The standard InChI is InChI=1S/C16H17F2N3O2/c17-12-2-1-11(15(18)8-12)7-16(22)20-13-9-19-21(10-13)14-3-5-23-6-4-14/h1-2,8-10,14H,3-7H2,(H,20,22). The Morgan fingerprint density at radius 3 is 2.87 bits per heavy atom. The Balaban J connectivity index is 1.60. The van der Waals surface area contributed by atoms with Gasteiger partial charge in [-0.05, 0) is 24.5 Å². The van der Waals surface area contributed by atoms with Crippen LogP contribution in [0.5, 0.6) is 0 Å². The summed E-state index contributed by atoms with van der Waals surface area (Å²) in [7, 11) is 0. The summed E-state index contributed by atoms with van der Waals surface area (Å²) in [6.45, 7) is 1.41. The predicted molar refractivity (Wildman–Crippen MR) is 80.0 cm³/mol. The monoisotopic (exact) mass is 321 g/mol. The number of anilines is 1. The van der Waals surface area contributed by atoms with E-state index in [1.807, 2.05) is 4.68 Å². The van der Waals surface area contributed by atoms with Gasteiger partial charge in [-0.1, -0.05) is 6.07 Å². The lowest BCUT2D eigenvalue weighted by molar-refractivity contribution is -0.115. The number of nitrogens with zero attached hydrogens (tertiary/aromatic N) is 2. The average Bonchev–Trinajstić information content (AvgIpc) is 2.99. The molecule has 0 unspecified atom stereocenters.